The Labute approximate surface area is 165 Å². The molecule has 2 heterocycles. The molecule has 0 radical (unpaired) electrons. The van der Waals surface area contributed by atoms with E-state index in [0.717, 1.165) is 10.4 Å². The number of hydrogen-bond acceptors (Lipinski definition) is 6. The van der Waals surface area contributed by atoms with Gasteiger partial charge >= 0.3 is 0 Å². The number of thiophene rings is 1. The summed E-state index contributed by atoms with van der Waals surface area (Å²) in [6.45, 7) is 1.01. The van der Waals surface area contributed by atoms with Gasteiger partial charge in [-0.3, -0.25) is 4.79 Å². The van der Waals surface area contributed by atoms with Crippen molar-refractivity contribution < 1.29 is 15.0 Å². The Hall–Kier alpha value is -2.45. The number of aliphatic hydroxyl groups excluding tert-OH is 1. The van der Waals surface area contributed by atoms with Crippen molar-refractivity contribution in [2.24, 2.45) is 5.73 Å². The van der Waals surface area contributed by atoms with E-state index in [0.29, 0.717) is 27.1 Å². The summed E-state index contributed by atoms with van der Waals surface area (Å²) in [5.41, 5.74) is 5.61. The van der Waals surface area contributed by atoms with Crippen LogP contribution in [-0.2, 0) is 5.60 Å². The molecule has 0 saturated heterocycles. The van der Waals surface area contributed by atoms with E-state index < -0.39 is 18.1 Å². The summed E-state index contributed by atoms with van der Waals surface area (Å²) < 4.78 is 0. The van der Waals surface area contributed by atoms with Crippen molar-refractivity contribution in [1.29, 1.82) is 0 Å². The van der Waals surface area contributed by atoms with Crippen LogP contribution in [0.3, 0.4) is 0 Å². The molecule has 1 atom stereocenters. The van der Waals surface area contributed by atoms with Crippen molar-refractivity contribution >= 4 is 39.7 Å². The Morgan fingerprint density at radius 3 is 2.63 bits per heavy atom. The molecule has 2 aromatic heterocycles. The largest absolute Gasteiger partial charge is 0.393 e. The zero-order valence-corrected chi connectivity index (χ0v) is 16.0. The number of nitrogens with one attached hydrogen (secondary N) is 1. The molecule has 0 spiro atoms. The number of benzene rings is 1. The third kappa shape index (κ3) is 4.28. The topological polar surface area (TPSA) is 108 Å². The summed E-state index contributed by atoms with van der Waals surface area (Å²) in [6, 6.07) is 14.0. The minimum absolute atomic E-state index is 0.310. The van der Waals surface area contributed by atoms with Crippen molar-refractivity contribution in [3.63, 3.8) is 0 Å². The Balaban J connectivity index is 1.96. The number of pyridine rings is 1. The summed E-state index contributed by atoms with van der Waals surface area (Å²) in [7, 11) is 0. The Kier molecular flexibility index (Phi) is 5.48. The fourth-order valence-corrected chi connectivity index (χ4v) is 3.63. The highest BCUT2D eigenvalue weighted by atomic mass is 35.5. The van der Waals surface area contributed by atoms with Gasteiger partial charge in [0.25, 0.3) is 5.91 Å². The van der Waals surface area contributed by atoms with E-state index in [9.17, 15) is 15.0 Å². The lowest BCUT2D eigenvalue weighted by atomic mass is 10.0. The van der Waals surface area contributed by atoms with Gasteiger partial charge < -0.3 is 21.3 Å². The van der Waals surface area contributed by atoms with Crippen molar-refractivity contribution in [1.82, 2.24) is 4.98 Å². The van der Waals surface area contributed by atoms with Crippen LogP contribution < -0.4 is 11.1 Å². The summed E-state index contributed by atoms with van der Waals surface area (Å²) >= 11 is 7.28. The summed E-state index contributed by atoms with van der Waals surface area (Å²) in [4.78, 5) is 17.0. The van der Waals surface area contributed by atoms with Gasteiger partial charge in [-0.15, -0.1) is 11.3 Å². The van der Waals surface area contributed by atoms with Crippen LogP contribution in [0, 0.1) is 0 Å². The number of nitrogens with zero attached hydrogens (tertiary/aromatic N) is 1. The van der Waals surface area contributed by atoms with Gasteiger partial charge in [-0.2, -0.15) is 0 Å². The Morgan fingerprint density at radius 2 is 2.00 bits per heavy atom. The molecule has 6 nitrogen and oxygen atoms in total. The van der Waals surface area contributed by atoms with Gasteiger partial charge in [-0.05, 0) is 42.8 Å². The van der Waals surface area contributed by atoms with Gasteiger partial charge in [0.2, 0.25) is 0 Å². The van der Waals surface area contributed by atoms with Gasteiger partial charge in [0, 0.05) is 9.90 Å². The highest BCUT2D eigenvalue weighted by molar-refractivity contribution is 7.19. The molecular formula is C19H18ClN3O3S. The predicted octanol–water partition coefficient (Wildman–Crippen LogP) is 3.51. The number of aromatic nitrogens is 1. The Morgan fingerprint density at radius 1 is 1.30 bits per heavy atom. The van der Waals surface area contributed by atoms with E-state index in [1.807, 2.05) is 12.1 Å². The lowest BCUT2D eigenvalue weighted by Crippen LogP contribution is -2.27. The molecular weight excluding hydrogens is 386 g/mol. The minimum atomic E-state index is -1.46. The third-order valence-corrected chi connectivity index (χ3v) is 5.33. The van der Waals surface area contributed by atoms with Crippen LogP contribution in [0.4, 0.5) is 10.8 Å². The van der Waals surface area contributed by atoms with Crippen LogP contribution in [0.15, 0.2) is 48.5 Å². The molecule has 3 rings (SSSR count). The number of carbonyl (C=O) groups is 1. The molecule has 3 aromatic rings. The van der Waals surface area contributed by atoms with Gasteiger partial charge in [0.05, 0.1) is 17.9 Å². The second-order valence-electron chi connectivity index (χ2n) is 6.19. The maximum Gasteiger partial charge on any atom is 0.251 e. The maximum atomic E-state index is 11.9. The second kappa shape index (κ2) is 7.66. The number of anilines is 2. The third-order valence-electron chi connectivity index (χ3n) is 3.98. The lowest BCUT2D eigenvalue weighted by Gasteiger charge is -2.20. The SMILES string of the molecule is CC(O)(CO)c1cccc(Nc2sc(-c3ccc(Cl)cc3)cc2C(N)=O)n1. The number of rotatable bonds is 6. The van der Waals surface area contributed by atoms with Gasteiger partial charge in [0.1, 0.15) is 16.4 Å². The summed E-state index contributed by atoms with van der Waals surface area (Å²) in [6.07, 6.45) is 0. The second-order valence-corrected chi connectivity index (χ2v) is 7.68. The summed E-state index contributed by atoms with van der Waals surface area (Å²) in [5.74, 6) is -0.138. The van der Waals surface area contributed by atoms with E-state index in [4.69, 9.17) is 17.3 Å². The monoisotopic (exact) mass is 403 g/mol. The van der Waals surface area contributed by atoms with E-state index in [1.165, 1.54) is 18.3 Å². The molecule has 0 saturated carbocycles. The first kappa shape index (κ1) is 19.3. The highest BCUT2D eigenvalue weighted by Gasteiger charge is 2.24. The zero-order chi connectivity index (χ0) is 19.6. The normalized spacial score (nSPS) is 13.2. The van der Waals surface area contributed by atoms with Crippen LogP contribution in [-0.4, -0.2) is 27.7 Å². The number of halogens is 1. The fraction of sp³-hybridized carbons (Fsp3) is 0.158. The first-order chi connectivity index (χ1) is 12.8. The summed E-state index contributed by atoms with van der Waals surface area (Å²) in [5, 5.41) is 23.7. The molecule has 0 aliphatic heterocycles. The number of carbonyl (C=O) groups excluding carboxylic acids is 1. The number of hydrogen-bond donors (Lipinski definition) is 4. The van der Waals surface area contributed by atoms with E-state index in [-0.39, 0.29) is 0 Å². The molecule has 27 heavy (non-hydrogen) atoms. The quantitative estimate of drug-likeness (QED) is 0.503. The van der Waals surface area contributed by atoms with Gasteiger partial charge in [-0.25, -0.2) is 4.98 Å². The van der Waals surface area contributed by atoms with Gasteiger partial charge in [-0.1, -0.05) is 29.8 Å². The first-order valence-corrected chi connectivity index (χ1v) is 9.27. The van der Waals surface area contributed by atoms with Crippen LogP contribution >= 0.6 is 22.9 Å². The van der Waals surface area contributed by atoms with Crippen molar-refractivity contribution in [3.05, 3.63) is 64.8 Å². The van der Waals surface area contributed by atoms with Crippen LogP contribution in [0.25, 0.3) is 10.4 Å². The maximum absolute atomic E-state index is 11.9. The highest BCUT2D eigenvalue weighted by Crippen LogP contribution is 2.37. The van der Waals surface area contributed by atoms with E-state index >= 15 is 0 Å². The van der Waals surface area contributed by atoms with Crippen LogP contribution in [0.2, 0.25) is 5.02 Å². The number of amides is 1. The zero-order valence-electron chi connectivity index (χ0n) is 14.4. The number of aliphatic hydroxyl groups is 2. The van der Waals surface area contributed by atoms with Crippen LogP contribution in [0.1, 0.15) is 23.0 Å². The molecule has 0 aliphatic rings. The van der Waals surface area contributed by atoms with E-state index in [1.54, 1.807) is 36.4 Å². The minimum Gasteiger partial charge on any atom is -0.393 e. The first-order valence-electron chi connectivity index (χ1n) is 8.07. The predicted molar refractivity (Wildman–Crippen MR) is 107 cm³/mol. The fourth-order valence-electron chi connectivity index (χ4n) is 2.42. The smallest absolute Gasteiger partial charge is 0.251 e. The van der Waals surface area contributed by atoms with Crippen molar-refractivity contribution in [3.8, 4) is 10.4 Å². The molecule has 140 valence electrons. The molecule has 1 unspecified atom stereocenters. The van der Waals surface area contributed by atoms with Gasteiger partial charge in [0.15, 0.2) is 0 Å². The van der Waals surface area contributed by atoms with E-state index in [2.05, 4.69) is 10.3 Å². The van der Waals surface area contributed by atoms with Crippen molar-refractivity contribution in [2.45, 2.75) is 12.5 Å². The molecule has 5 N–H and O–H groups in total. The standard InChI is InChI=1S/C19H18ClN3O3S/c1-19(26,10-24)15-3-2-4-16(22-15)23-18-13(17(21)25)9-14(27-18)11-5-7-12(20)8-6-11/h2-9,24,26H,10H2,1H3,(H2,21,25)(H,22,23). The van der Waals surface area contributed by atoms with Crippen LogP contribution in [0.5, 0.6) is 0 Å². The lowest BCUT2D eigenvalue weighted by molar-refractivity contribution is -0.00573. The average Bonchev–Trinajstić information content (AvgIpc) is 3.06. The number of primary amides is 1. The molecule has 8 heteroatoms. The molecule has 1 amide bonds. The molecule has 0 aliphatic carbocycles. The van der Waals surface area contributed by atoms with Crippen molar-refractivity contribution in [2.75, 3.05) is 11.9 Å². The molecule has 1 aromatic carbocycles. The molecule has 0 fully saturated rings. The average molecular weight is 404 g/mol. The molecule has 0 bridgehead atoms. The Bertz CT molecular complexity index is 971. The number of nitrogens with two attached hydrogens (primary N) is 1.